The Balaban J connectivity index is 2.75. The van der Waals surface area contributed by atoms with E-state index in [2.05, 4.69) is 4.98 Å². The highest BCUT2D eigenvalue weighted by molar-refractivity contribution is 7.13. The summed E-state index contributed by atoms with van der Waals surface area (Å²) in [5.74, 6) is -0.959. The Morgan fingerprint density at radius 1 is 1.69 bits per heavy atom. The first-order valence-corrected chi connectivity index (χ1v) is 4.51. The van der Waals surface area contributed by atoms with E-state index in [0.717, 1.165) is 11.2 Å². The van der Waals surface area contributed by atoms with Gasteiger partial charge in [0.2, 0.25) is 0 Å². The van der Waals surface area contributed by atoms with Crippen LogP contribution in [0.4, 0.5) is 5.13 Å². The molecule has 1 N–H and O–H groups in total. The minimum absolute atomic E-state index is 0.677. The van der Waals surface area contributed by atoms with Gasteiger partial charge >= 0.3 is 5.97 Å². The fourth-order valence-corrected chi connectivity index (χ4v) is 1.44. The third-order valence-electron chi connectivity index (χ3n) is 1.29. The molecule has 70 valence electrons. The molecule has 1 aromatic rings. The number of carbonyl (C=O) groups is 1. The smallest absolute Gasteiger partial charge is 0.328 e. The molecule has 1 aromatic heterocycles. The van der Waals surface area contributed by atoms with E-state index < -0.39 is 5.97 Å². The molecular weight excluding hydrogens is 188 g/mol. The maximum absolute atomic E-state index is 10.2. The summed E-state index contributed by atoms with van der Waals surface area (Å²) in [6.45, 7) is 0. The first-order chi connectivity index (χ1) is 6.09. The Morgan fingerprint density at radius 3 is 2.85 bits per heavy atom. The van der Waals surface area contributed by atoms with Gasteiger partial charge in [-0.3, -0.25) is 0 Å². The number of aromatic nitrogens is 1. The van der Waals surface area contributed by atoms with Crippen LogP contribution in [0.5, 0.6) is 0 Å². The SMILES string of the molecule is CN(C)c1nc(/C=C/C(=O)O)cs1. The number of nitrogens with zero attached hydrogens (tertiary/aromatic N) is 2. The number of aliphatic carboxylic acids is 1. The predicted octanol–water partition coefficient (Wildman–Crippen LogP) is 1.31. The molecule has 0 unspecified atom stereocenters. The highest BCUT2D eigenvalue weighted by Gasteiger charge is 2.00. The van der Waals surface area contributed by atoms with Gasteiger partial charge in [0, 0.05) is 25.6 Å². The van der Waals surface area contributed by atoms with Crippen LogP contribution in [0.3, 0.4) is 0 Å². The van der Waals surface area contributed by atoms with E-state index in [-0.39, 0.29) is 0 Å². The zero-order valence-electron chi connectivity index (χ0n) is 7.39. The molecule has 13 heavy (non-hydrogen) atoms. The third-order valence-corrected chi connectivity index (χ3v) is 2.32. The Labute approximate surface area is 80.1 Å². The van der Waals surface area contributed by atoms with Crippen molar-refractivity contribution in [2.75, 3.05) is 19.0 Å². The van der Waals surface area contributed by atoms with Crippen molar-refractivity contribution in [2.24, 2.45) is 0 Å². The maximum Gasteiger partial charge on any atom is 0.328 e. The minimum atomic E-state index is -0.959. The molecule has 0 aromatic carbocycles. The topological polar surface area (TPSA) is 53.4 Å². The molecule has 1 heterocycles. The van der Waals surface area contributed by atoms with Crippen molar-refractivity contribution >= 4 is 28.5 Å². The molecule has 0 saturated heterocycles. The van der Waals surface area contributed by atoms with Crippen LogP contribution in [0.15, 0.2) is 11.5 Å². The molecule has 1 rings (SSSR count). The second kappa shape index (κ2) is 4.04. The molecule has 5 heteroatoms. The van der Waals surface area contributed by atoms with Crippen LogP contribution in [0.2, 0.25) is 0 Å². The monoisotopic (exact) mass is 198 g/mol. The van der Waals surface area contributed by atoms with Gasteiger partial charge in [-0.05, 0) is 6.08 Å². The molecule has 0 bridgehead atoms. The highest BCUT2D eigenvalue weighted by Crippen LogP contribution is 2.18. The molecular formula is C8H10N2O2S. The lowest BCUT2D eigenvalue weighted by Crippen LogP contribution is -2.07. The quantitative estimate of drug-likeness (QED) is 0.744. The fraction of sp³-hybridized carbons (Fsp3) is 0.250. The second-order valence-corrected chi connectivity index (χ2v) is 3.46. The number of carboxylic acid groups (broad SMARTS) is 1. The second-order valence-electron chi connectivity index (χ2n) is 2.62. The van der Waals surface area contributed by atoms with Gasteiger partial charge in [-0.1, -0.05) is 0 Å². The summed E-state index contributed by atoms with van der Waals surface area (Å²) < 4.78 is 0. The average molecular weight is 198 g/mol. The van der Waals surface area contributed by atoms with E-state index >= 15 is 0 Å². The highest BCUT2D eigenvalue weighted by atomic mass is 32.1. The van der Waals surface area contributed by atoms with Gasteiger partial charge < -0.3 is 10.0 Å². The van der Waals surface area contributed by atoms with Crippen LogP contribution in [0.25, 0.3) is 6.08 Å². The van der Waals surface area contributed by atoms with Crippen molar-refractivity contribution < 1.29 is 9.90 Å². The molecule has 0 spiro atoms. The standard InChI is InChI=1S/C8H10N2O2S/c1-10(2)8-9-6(5-13-8)3-4-7(11)12/h3-5H,1-2H3,(H,11,12)/b4-3+. The minimum Gasteiger partial charge on any atom is -0.478 e. The van der Waals surface area contributed by atoms with E-state index in [0.29, 0.717) is 5.69 Å². The molecule has 0 aliphatic carbocycles. The summed E-state index contributed by atoms with van der Waals surface area (Å²) in [5.41, 5.74) is 0.677. The zero-order chi connectivity index (χ0) is 9.84. The summed E-state index contributed by atoms with van der Waals surface area (Å²) >= 11 is 1.48. The molecule has 4 nitrogen and oxygen atoms in total. The number of anilines is 1. The van der Waals surface area contributed by atoms with Gasteiger partial charge in [-0.2, -0.15) is 0 Å². The fourth-order valence-electron chi connectivity index (χ4n) is 0.715. The summed E-state index contributed by atoms with van der Waals surface area (Å²) in [6, 6.07) is 0. The largest absolute Gasteiger partial charge is 0.478 e. The van der Waals surface area contributed by atoms with Crippen LogP contribution < -0.4 is 4.90 Å². The lowest BCUT2D eigenvalue weighted by Gasteiger charge is -2.04. The van der Waals surface area contributed by atoms with E-state index in [1.54, 1.807) is 0 Å². The number of thiazole rings is 1. The van der Waals surface area contributed by atoms with Crippen LogP contribution >= 0.6 is 11.3 Å². The van der Waals surface area contributed by atoms with E-state index in [1.165, 1.54) is 17.4 Å². The normalized spacial score (nSPS) is 10.6. The number of hydrogen-bond acceptors (Lipinski definition) is 4. The first-order valence-electron chi connectivity index (χ1n) is 3.63. The molecule has 0 aliphatic heterocycles. The van der Waals surface area contributed by atoms with E-state index in [9.17, 15) is 4.79 Å². The molecule has 0 fully saturated rings. The number of carboxylic acids is 1. The van der Waals surface area contributed by atoms with Gasteiger partial charge in [-0.15, -0.1) is 11.3 Å². The van der Waals surface area contributed by atoms with E-state index in [1.807, 2.05) is 24.4 Å². The number of rotatable bonds is 3. The summed E-state index contributed by atoms with van der Waals surface area (Å²) in [6.07, 6.45) is 2.56. The Bertz CT molecular complexity index is 331. The molecule has 0 amide bonds. The summed E-state index contributed by atoms with van der Waals surface area (Å²) in [5, 5.41) is 11.0. The molecule has 0 saturated carbocycles. The lowest BCUT2D eigenvalue weighted by atomic mass is 10.4. The maximum atomic E-state index is 10.2. The van der Waals surface area contributed by atoms with Crippen molar-refractivity contribution in [2.45, 2.75) is 0 Å². The van der Waals surface area contributed by atoms with Gasteiger partial charge in [-0.25, -0.2) is 9.78 Å². The van der Waals surface area contributed by atoms with Crippen molar-refractivity contribution in [1.29, 1.82) is 0 Å². The average Bonchev–Trinajstić information content (AvgIpc) is 2.48. The van der Waals surface area contributed by atoms with Crippen molar-refractivity contribution in [3.05, 3.63) is 17.2 Å². The summed E-state index contributed by atoms with van der Waals surface area (Å²) in [4.78, 5) is 16.2. The van der Waals surface area contributed by atoms with Crippen LogP contribution in [0, 0.1) is 0 Å². The van der Waals surface area contributed by atoms with E-state index in [4.69, 9.17) is 5.11 Å². The van der Waals surface area contributed by atoms with Crippen molar-refractivity contribution in [3.63, 3.8) is 0 Å². The van der Waals surface area contributed by atoms with Gasteiger partial charge in [0.05, 0.1) is 5.69 Å². The molecule has 0 atom stereocenters. The van der Waals surface area contributed by atoms with Gasteiger partial charge in [0.25, 0.3) is 0 Å². The lowest BCUT2D eigenvalue weighted by molar-refractivity contribution is -0.131. The van der Waals surface area contributed by atoms with Crippen molar-refractivity contribution in [3.8, 4) is 0 Å². The zero-order valence-corrected chi connectivity index (χ0v) is 8.21. The van der Waals surface area contributed by atoms with Gasteiger partial charge in [0.1, 0.15) is 0 Å². The van der Waals surface area contributed by atoms with Crippen LogP contribution in [-0.2, 0) is 4.79 Å². The summed E-state index contributed by atoms with van der Waals surface area (Å²) in [7, 11) is 3.78. The first kappa shape index (κ1) is 9.73. The van der Waals surface area contributed by atoms with Gasteiger partial charge in [0.15, 0.2) is 5.13 Å². The van der Waals surface area contributed by atoms with Crippen LogP contribution in [0.1, 0.15) is 5.69 Å². The Kier molecular flexibility index (Phi) is 3.02. The number of hydrogen-bond donors (Lipinski definition) is 1. The Morgan fingerprint density at radius 2 is 2.38 bits per heavy atom. The Hall–Kier alpha value is -1.36. The molecule has 0 radical (unpaired) electrons. The van der Waals surface area contributed by atoms with Crippen LogP contribution in [-0.4, -0.2) is 30.2 Å². The molecule has 0 aliphatic rings. The van der Waals surface area contributed by atoms with Crippen molar-refractivity contribution in [1.82, 2.24) is 4.98 Å². The third kappa shape index (κ3) is 2.87. The predicted molar refractivity (Wildman–Crippen MR) is 53.1 cm³/mol.